The molecule has 0 aliphatic carbocycles. The lowest BCUT2D eigenvalue weighted by molar-refractivity contribution is -0.137. The van der Waals surface area contributed by atoms with E-state index >= 15 is 0 Å². The van der Waals surface area contributed by atoms with Crippen molar-refractivity contribution < 1.29 is 14.7 Å². The predicted molar refractivity (Wildman–Crippen MR) is 71.1 cm³/mol. The van der Waals surface area contributed by atoms with E-state index in [0.717, 1.165) is 5.69 Å². The third-order valence-corrected chi connectivity index (χ3v) is 2.97. The molecule has 0 fully saturated rings. The van der Waals surface area contributed by atoms with Gasteiger partial charge in [0.1, 0.15) is 5.69 Å². The molecule has 1 N–H and O–H groups in total. The molecule has 0 radical (unpaired) electrons. The number of aliphatic carboxylic acids is 1. The molecule has 1 rings (SSSR count). The maximum atomic E-state index is 12.3. The Morgan fingerprint density at radius 2 is 2.11 bits per heavy atom. The first kappa shape index (κ1) is 15.2. The average molecular weight is 267 g/mol. The van der Waals surface area contributed by atoms with E-state index in [1.807, 2.05) is 20.8 Å². The van der Waals surface area contributed by atoms with Crippen LogP contribution in [0.2, 0.25) is 0 Å². The van der Waals surface area contributed by atoms with Gasteiger partial charge in [-0.2, -0.15) is 5.10 Å². The Morgan fingerprint density at radius 1 is 1.47 bits per heavy atom. The smallest absolute Gasteiger partial charge is 0.305 e. The summed E-state index contributed by atoms with van der Waals surface area (Å²) in [5.74, 6) is -0.827. The van der Waals surface area contributed by atoms with Crippen LogP contribution in [0.4, 0.5) is 0 Å². The number of carboxylic acids is 1. The number of aryl methyl sites for hydroxylation is 1. The van der Waals surface area contributed by atoms with E-state index in [2.05, 4.69) is 5.10 Å². The van der Waals surface area contributed by atoms with Crippen LogP contribution in [-0.4, -0.2) is 44.8 Å². The molecular formula is C13H21N3O3. The summed E-state index contributed by atoms with van der Waals surface area (Å²) in [7, 11) is 1.73. The summed E-state index contributed by atoms with van der Waals surface area (Å²) in [5.41, 5.74) is 1.36. The lowest BCUT2D eigenvalue weighted by Gasteiger charge is -2.19. The Labute approximate surface area is 113 Å². The van der Waals surface area contributed by atoms with Crippen molar-refractivity contribution in [1.29, 1.82) is 0 Å². The van der Waals surface area contributed by atoms with Crippen molar-refractivity contribution in [2.45, 2.75) is 33.1 Å². The molecule has 6 nitrogen and oxygen atoms in total. The van der Waals surface area contributed by atoms with Crippen LogP contribution >= 0.6 is 0 Å². The Bertz CT molecular complexity index is 466. The van der Waals surface area contributed by atoms with Gasteiger partial charge in [0.25, 0.3) is 5.91 Å². The predicted octanol–water partition coefficient (Wildman–Crippen LogP) is 1.48. The normalized spacial score (nSPS) is 10.8. The molecule has 0 atom stereocenters. The SMILES string of the molecule is CCN(CCC(=O)O)C(=O)c1cc(C(C)C)nn1C. The van der Waals surface area contributed by atoms with Gasteiger partial charge in [0.15, 0.2) is 0 Å². The van der Waals surface area contributed by atoms with Crippen molar-refractivity contribution >= 4 is 11.9 Å². The van der Waals surface area contributed by atoms with E-state index in [1.165, 1.54) is 4.90 Å². The molecule has 1 aromatic rings. The molecule has 0 aliphatic heterocycles. The van der Waals surface area contributed by atoms with Gasteiger partial charge in [0.05, 0.1) is 12.1 Å². The number of nitrogens with zero attached hydrogens (tertiary/aromatic N) is 3. The Balaban J connectivity index is 2.87. The third-order valence-electron chi connectivity index (χ3n) is 2.97. The number of aromatic nitrogens is 2. The van der Waals surface area contributed by atoms with E-state index < -0.39 is 5.97 Å². The molecule has 0 spiro atoms. The van der Waals surface area contributed by atoms with Crippen LogP contribution < -0.4 is 0 Å². The molecule has 1 aromatic heterocycles. The number of carbonyl (C=O) groups is 2. The molecule has 106 valence electrons. The van der Waals surface area contributed by atoms with Crippen molar-refractivity contribution in [2.24, 2.45) is 7.05 Å². The minimum atomic E-state index is -0.904. The van der Waals surface area contributed by atoms with Gasteiger partial charge in [-0.25, -0.2) is 0 Å². The van der Waals surface area contributed by atoms with Crippen molar-refractivity contribution in [2.75, 3.05) is 13.1 Å². The van der Waals surface area contributed by atoms with Crippen LogP contribution in [0.1, 0.15) is 49.3 Å². The van der Waals surface area contributed by atoms with Crippen molar-refractivity contribution in [3.05, 3.63) is 17.5 Å². The molecule has 0 aromatic carbocycles. The van der Waals surface area contributed by atoms with Crippen LogP contribution in [0, 0.1) is 0 Å². The highest BCUT2D eigenvalue weighted by atomic mass is 16.4. The summed E-state index contributed by atoms with van der Waals surface area (Å²) >= 11 is 0. The summed E-state index contributed by atoms with van der Waals surface area (Å²) in [6.45, 7) is 6.55. The third kappa shape index (κ3) is 3.81. The fourth-order valence-electron chi connectivity index (χ4n) is 1.77. The van der Waals surface area contributed by atoms with Crippen molar-refractivity contribution in [3.8, 4) is 0 Å². The van der Waals surface area contributed by atoms with Crippen LogP contribution in [-0.2, 0) is 11.8 Å². The Hall–Kier alpha value is -1.85. The second-order valence-corrected chi connectivity index (χ2v) is 4.76. The van der Waals surface area contributed by atoms with Gasteiger partial charge in [0, 0.05) is 20.1 Å². The van der Waals surface area contributed by atoms with Crippen LogP contribution in [0.3, 0.4) is 0 Å². The molecule has 0 unspecified atom stereocenters. The van der Waals surface area contributed by atoms with Gasteiger partial charge in [-0.1, -0.05) is 13.8 Å². The fourth-order valence-corrected chi connectivity index (χ4v) is 1.77. The van der Waals surface area contributed by atoms with E-state index in [0.29, 0.717) is 12.2 Å². The minimum absolute atomic E-state index is 0.0472. The van der Waals surface area contributed by atoms with E-state index in [-0.39, 0.29) is 24.8 Å². The summed E-state index contributed by atoms with van der Waals surface area (Å²) in [6.07, 6.45) is -0.0472. The van der Waals surface area contributed by atoms with Gasteiger partial charge < -0.3 is 10.0 Å². The zero-order chi connectivity index (χ0) is 14.6. The van der Waals surface area contributed by atoms with Gasteiger partial charge >= 0.3 is 5.97 Å². The van der Waals surface area contributed by atoms with Crippen LogP contribution in [0.15, 0.2) is 6.07 Å². The molecular weight excluding hydrogens is 246 g/mol. The zero-order valence-electron chi connectivity index (χ0n) is 11.9. The molecule has 0 bridgehead atoms. The maximum Gasteiger partial charge on any atom is 0.305 e. The Kier molecular flexibility index (Phi) is 5.09. The fraction of sp³-hybridized carbons (Fsp3) is 0.615. The molecule has 0 saturated carbocycles. The summed E-state index contributed by atoms with van der Waals surface area (Å²) in [5, 5.41) is 13.0. The number of rotatable bonds is 6. The number of carboxylic acid groups (broad SMARTS) is 1. The highest BCUT2D eigenvalue weighted by molar-refractivity contribution is 5.93. The molecule has 1 heterocycles. The van der Waals surface area contributed by atoms with E-state index in [4.69, 9.17) is 5.11 Å². The maximum absolute atomic E-state index is 12.3. The van der Waals surface area contributed by atoms with Crippen LogP contribution in [0.25, 0.3) is 0 Å². The van der Waals surface area contributed by atoms with Gasteiger partial charge in [0.2, 0.25) is 0 Å². The summed E-state index contributed by atoms with van der Waals surface area (Å²) in [4.78, 5) is 24.4. The molecule has 0 saturated heterocycles. The summed E-state index contributed by atoms with van der Waals surface area (Å²) < 4.78 is 1.56. The zero-order valence-corrected chi connectivity index (χ0v) is 11.9. The first-order valence-corrected chi connectivity index (χ1v) is 6.41. The quantitative estimate of drug-likeness (QED) is 0.847. The van der Waals surface area contributed by atoms with E-state index in [9.17, 15) is 9.59 Å². The van der Waals surface area contributed by atoms with Crippen molar-refractivity contribution in [1.82, 2.24) is 14.7 Å². The van der Waals surface area contributed by atoms with E-state index in [1.54, 1.807) is 17.8 Å². The molecule has 0 aliphatic rings. The monoisotopic (exact) mass is 267 g/mol. The highest BCUT2D eigenvalue weighted by Gasteiger charge is 2.20. The largest absolute Gasteiger partial charge is 0.481 e. The minimum Gasteiger partial charge on any atom is -0.481 e. The first-order valence-electron chi connectivity index (χ1n) is 6.41. The second-order valence-electron chi connectivity index (χ2n) is 4.76. The standard InChI is InChI=1S/C13H21N3O3/c1-5-16(7-6-12(17)18)13(19)11-8-10(9(2)3)14-15(11)4/h8-9H,5-7H2,1-4H3,(H,17,18). The van der Waals surface area contributed by atoms with Gasteiger partial charge in [-0.3, -0.25) is 14.3 Å². The topological polar surface area (TPSA) is 75.4 Å². The molecule has 19 heavy (non-hydrogen) atoms. The molecule has 6 heteroatoms. The highest BCUT2D eigenvalue weighted by Crippen LogP contribution is 2.15. The van der Waals surface area contributed by atoms with Gasteiger partial charge in [-0.05, 0) is 18.9 Å². The first-order chi connectivity index (χ1) is 8.86. The number of hydrogen-bond donors (Lipinski definition) is 1. The summed E-state index contributed by atoms with van der Waals surface area (Å²) in [6, 6.07) is 1.77. The number of amides is 1. The number of hydrogen-bond acceptors (Lipinski definition) is 3. The van der Waals surface area contributed by atoms with Gasteiger partial charge in [-0.15, -0.1) is 0 Å². The lowest BCUT2D eigenvalue weighted by atomic mass is 10.1. The lowest BCUT2D eigenvalue weighted by Crippen LogP contribution is -2.34. The Morgan fingerprint density at radius 3 is 2.53 bits per heavy atom. The molecule has 1 amide bonds. The second kappa shape index (κ2) is 6.36. The number of carbonyl (C=O) groups excluding carboxylic acids is 1. The average Bonchev–Trinajstić information content (AvgIpc) is 2.71. The van der Waals surface area contributed by atoms with Crippen LogP contribution in [0.5, 0.6) is 0 Å². The van der Waals surface area contributed by atoms with Crippen molar-refractivity contribution in [3.63, 3.8) is 0 Å².